The van der Waals surface area contributed by atoms with E-state index in [2.05, 4.69) is 65.3 Å². The highest BCUT2D eigenvalue weighted by atomic mass is 15.1. The van der Waals surface area contributed by atoms with Gasteiger partial charge in [0.2, 0.25) is 0 Å². The molecule has 2 aliphatic carbocycles. The Morgan fingerprint density at radius 2 is 1.67 bits per heavy atom. The summed E-state index contributed by atoms with van der Waals surface area (Å²) in [4.78, 5) is 7.40. The predicted molar refractivity (Wildman–Crippen MR) is 126 cm³/mol. The zero-order valence-corrected chi connectivity index (χ0v) is 18.0. The minimum atomic E-state index is 0.320. The van der Waals surface area contributed by atoms with Crippen molar-refractivity contribution < 1.29 is 0 Å². The number of hydrogen-bond acceptors (Lipinski definition) is 3. The Morgan fingerprint density at radius 1 is 1.00 bits per heavy atom. The van der Waals surface area contributed by atoms with Crippen LogP contribution >= 0.6 is 0 Å². The highest BCUT2D eigenvalue weighted by Gasteiger charge is 2.41. The number of rotatable bonds is 5. The van der Waals surface area contributed by atoms with Crippen LogP contribution in [0.4, 0.5) is 11.4 Å². The second-order valence-corrected chi connectivity index (χ2v) is 9.95. The fourth-order valence-electron chi connectivity index (χ4n) is 6.17. The molecular weight excluding hydrogens is 368 g/mol. The van der Waals surface area contributed by atoms with Gasteiger partial charge in [-0.05, 0) is 91.2 Å². The first-order valence-corrected chi connectivity index (χ1v) is 11.2. The number of nitrogens with zero attached hydrogens (tertiary/aromatic N) is 1. The lowest BCUT2D eigenvalue weighted by Crippen LogP contribution is -2.38. The van der Waals surface area contributed by atoms with E-state index >= 15 is 0 Å². The lowest BCUT2D eigenvalue weighted by molar-refractivity contribution is 0.0899. The summed E-state index contributed by atoms with van der Waals surface area (Å²) >= 11 is 0. The number of H-pyrrole nitrogens is 1. The molecular formula is C26H32N4. The van der Waals surface area contributed by atoms with E-state index in [1.165, 1.54) is 37.7 Å². The van der Waals surface area contributed by atoms with E-state index in [4.69, 9.17) is 0 Å². The van der Waals surface area contributed by atoms with Crippen molar-refractivity contribution >= 4 is 22.4 Å². The van der Waals surface area contributed by atoms with Gasteiger partial charge >= 0.3 is 0 Å². The first kappa shape index (κ1) is 19.2. The molecule has 0 spiro atoms. The Labute approximate surface area is 179 Å². The Kier molecular flexibility index (Phi) is 4.80. The summed E-state index contributed by atoms with van der Waals surface area (Å²) in [5.41, 5.74) is 5.83. The van der Waals surface area contributed by atoms with E-state index in [1.807, 2.05) is 18.2 Å². The molecule has 2 atom stereocenters. The number of anilines is 2. The lowest BCUT2D eigenvalue weighted by atomic mass is 9.57. The Hall–Kier alpha value is -2.75. The van der Waals surface area contributed by atoms with Crippen molar-refractivity contribution in [2.45, 2.75) is 51.4 Å². The smallest absolute Gasteiger partial charge is 0.100 e. The summed E-state index contributed by atoms with van der Waals surface area (Å²) in [6.07, 6.45) is 8.68. The van der Waals surface area contributed by atoms with Gasteiger partial charge in [0, 0.05) is 11.4 Å². The van der Waals surface area contributed by atoms with Crippen LogP contribution in [0.2, 0.25) is 0 Å². The Morgan fingerprint density at radius 3 is 2.40 bits per heavy atom. The predicted octanol–water partition coefficient (Wildman–Crippen LogP) is 6.66. The third kappa shape index (κ3) is 3.83. The maximum absolute atomic E-state index is 4.26. The van der Waals surface area contributed by atoms with Crippen molar-refractivity contribution in [2.75, 3.05) is 10.6 Å². The SMILES string of the molecule is C=C(Nc1ccc(C2(C)CC3CC(C)CC(C3)C2)cc1)Nc1ccc2nc[nH]c2c1. The molecule has 0 radical (unpaired) electrons. The van der Waals surface area contributed by atoms with Gasteiger partial charge in [-0.25, -0.2) is 4.98 Å². The lowest BCUT2D eigenvalue weighted by Gasteiger charge is -2.47. The summed E-state index contributed by atoms with van der Waals surface area (Å²) in [5, 5.41) is 6.72. The number of benzene rings is 2. The zero-order valence-electron chi connectivity index (χ0n) is 18.0. The normalized spacial score (nSPS) is 28.3. The monoisotopic (exact) mass is 400 g/mol. The van der Waals surface area contributed by atoms with Crippen molar-refractivity contribution in [1.82, 2.24) is 9.97 Å². The molecule has 1 heterocycles. The minimum absolute atomic E-state index is 0.320. The summed E-state index contributed by atoms with van der Waals surface area (Å²) < 4.78 is 0. The quantitative estimate of drug-likeness (QED) is 0.449. The van der Waals surface area contributed by atoms with Crippen LogP contribution in [0.3, 0.4) is 0 Å². The van der Waals surface area contributed by atoms with Crippen LogP contribution in [0.15, 0.2) is 61.2 Å². The second-order valence-electron chi connectivity index (χ2n) is 9.95. The van der Waals surface area contributed by atoms with Crippen LogP contribution in [0.25, 0.3) is 11.0 Å². The van der Waals surface area contributed by atoms with Crippen LogP contribution < -0.4 is 10.6 Å². The van der Waals surface area contributed by atoms with Gasteiger partial charge in [0.25, 0.3) is 0 Å². The first-order valence-electron chi connectivity index (χ1n) is 11.2. The van der Waals surface area contributed by atoms with E-state index in [1.54, 1.807) is 6.33 Å². The fraction of sp³-hybridized carbons (Fsp3) is 0.423. The standard InChI is InChI=1S/C26H32N4/c1-17-10-19-12-20(11-17)15-26(3,14-19)21-4-6-22(7-5-21)29-18(2)30-23-8-9-24-25(13-23)28-16-27-24/h4-9,13,16-17,19-20,29-30H,2,10-12,14-15H2,1,3H3,(H,27,28). The molecule has 1 aromatic heterocycles. The highest BCUT2D eigenvalue weighted by molar-refractivity contribution is 5.79. The molecule has 3 N–H and O–H groups in total. The van der Waals surface area contributed by atoms with Crippen LogP contribution in [0, 0.1) is 17.8 Å². The van der Waals surface area contributed by atoms with Crippen LogP contribution in [0.5, 0.6) is 0 Å². The van der Waals surface area contributed by atoms with E-state index in [0.29, 0.717) is 5.41 Å². The largest absolute Gasteiger partial charge is 0.345 e. The molecule has 2 fully saturated rings. The Bertz CT molecular complexity index is 1030. The summed E-state index contributed by atoms with van der Waals surface area (Å²) in [6, 6.07) is 15.1. The molecule has 30 heavy (non-hydrogen) atoms. The van der Waals surface area contributed by atoms with Crippen LogP contribution in [0.1, 0.15) is 51.5 Å². The van der Waals surface area contributed by atoms with Crippen molar-refractivity contribution in [3.63, 3.8) is 0 Å². The fourth-order valence-corrected chi connectivity index (χ4v) is 6.17. The molecule has 2 aliphatic rings. The van der Waals surface area contributed by atoms with Crippen LogP contribution in [-0.4, -0.2) is 9.97 Å². The average Bonchev–Trinajstić information content (AvgIpc) is 3.15. The van der Waals surface area contributed by atoms with Crippen LogP contribution in [-0.2, 0) is 5.41 Å². The number of fused-ring (bicyclic) bond motifs is 3. The van der Waals surface area contributed by atoms with Crippen molar-refractivity contribution in [3.05, 3.63) is 66.8 Å². The number of nitrogens with one attached hydrogen (secondary N) is 3. The van der Waals surface area contributed by atoms with Gasteiger partial charge in [0.15, 0.2) is 0 Å². The van der Waals surface area contributed by atoms with Gasteiger partial charge < -0.3 is 15.6 Å². The maximum Gasteiger partial charge on any atom is 0.100 e. The van der Waals surface area contributed by atoms with Gasteiger partial charge in [-0.15, -0.1) is 0 Å². The highest BCUT2D eigenvalue weighted by Crippen LogP contribution is 2.51. The van der Waals surface area contributed by atoms with E-state index < -0.39 is 0 Å². The number of hydrogen-bond donors (Lipinski definition) is 3. The molecule has 2 aromatic carbocycles. The topological polar surface area (TPSA) is 52.7 Å². The minimum Gasteiger partial charge on any atom is -0.345 e. The van der Waals surface area contributed by atoms with E-state index in [0.717, 1.165) is 46.0 Å². The maximum atomic E-state index is 4.26. The van der Waals surface area contributed by atoms with Gasteiger partial charge in [-0.3, -0.25) is 0 Å². The van der Waals surface area contributed by atoms with E-state index in [9.17, 15) is 0 Å². The zero-order chi connectivity index (χ0) is 20.7. The van der Waals surface area contributed by atoms with Gasteiger partial charge in [0.1, 0.15) is 5.82 Å². The molecule has 2 saturated carbocycles. The first-order chi connectivity index (χ1) is 14.5. The summed E-state index contributed by atoms with van der Waals surface area (Å²) in [6.45, 7) is 9.06. The van der Waals surface area contributed by atoms with Gasteiger partial charge in [-0.2, -0.15) is 0 Å². The summed E-state index contributed by atoms with van der Waals surface area (Å²) in [5.74, 6) is 3.49. The molecule has 4 heteroatoms. The second kappa shape index (κ2) is 7.50. The molecule has 5 rings (SSSR count). The molecule has 3 aromatic rings. The molecule has 4 nitrogen and oxygen atoms in total. The summed E-state index contributed by atoms with van der Waals surface area (Å²) in [7, 11) is 0. The average molecular weight is 401 g/mol. The van der Waals surface area contributed by atoms with Crippen molar-refractivity contribution in [2.24, 2.45) is 17.8 Å². The third-order valence-electron chi connectivity index (χ3n) is 7.21. The molecule has 0 amide bonds. The van der Waals surface area contributed by atoms with Crippen molar-refractivity contribution in [3.8, 4) is 0 Å². The molecule has 156 valence electrons. The van der Waals surface area contributed by atoms with Gasteiger partial charge in [0.05, 0.1) is 17.4 Å². The Balaban J connectivity index is 1.24. The number of imidazole rings is 1. The molecule has 0 saturated heterocycles. The molecule has 0 aliphatic heterocycles. The van der Waals surface area contributed by atoms with Crippen molar-refractivity contribution in [1.29, 1.82) is 0 Å². The molecule has 2 unspecified atom stereocenters. The number of aromatic nitrogens is 2. The third-order valence-corrected chi connectivity index (χ3v) is 7.21. The number of aromatic amines is 1. The molecule has 2 bridgehead atoms. The van der Waals surface area contributed by atoms with Gasteiger partial charge in [-0.1, -0.05) is 32.6 Å². The van der Waals surface area contributed by atoms with E-state index in [-0.39, 0.29) is 0 Å².